The van der Waals surface area contributed by atoms with Crippen molar-refractivity contribution in [2.75, 3.05) is 24.3 Å². The first kappa shape index (κ1) is 18.9. The van der Waals surface area contributed by atoms with E-state index >= 15 is 0 Å². The van der Waals surface area contributed by atoms with Crippen molar-refractivity contribution in [3.63, 3.8) is 0 Å². The molecule has 0 spiro atoms. The Morgan fingerprint density at radius 2 is 1.63 bits per heavy atom. The molecule has 19 heavy (non-hydrogen) atoms. The minimum atomic E-state index is -3.21. The van der Waals surface area contributed by atoms with Gasteiger partial charge in [0.25, 0.3) is 0 Å². The summed E-state index contributed by atoms with van der Waals surface area (Å²) in [7, 11) is -6.20. The molecule has 0 amide bonds. The summed E-state index contributed by atoms with van der Waals surface area (Å²) >= 11 is 0. The molecular weight excluding hydrogens is 286 g/mol. The van der Waals surface area contributed by atoms with Crippen molar-refractivity contribution >= 4 is 19.7 Å². The second-order valence-corrected chi connectivity index (χ2v) is 10.4. The maximum absolute atomic E-state index is 11.8. The average Bonchev–Trinajstić information content (AvgIpc) is 2.26. The molecule has 0 aliphatic rings. The van der Waals surface area contributed by atoms with E-state index in [2.05, 4.69) is 5.32 Å². The van der Waals surface area contributed by atoms with Crippen LogP contribution in [-0.4, -0.2) is 51.9 Å². The van der Waals surface area contributed by atoms with Gasteiger partial charge >= 0.3 is 0 Å². The van der Waals surface area contributed by atoms with Gasteiger partial charge in [0.05, 0.1) is 10.5 Å². The van der Waals surface area contributed by atoms with Gasteiger partial charge in [0.2, 0.25) is 0 Å². The summed E-state index contributed by atoms with van der Waals surface area (Å²) in [5.41, 5.74) is 0. The lowest BCUT2D eigenvalue weighted by atomic mass is 9.98. The Hall–Kier alpha value is -0.140. The molecular formula is C12H27NO4S2. The summed E-state index contributed by atoms with van der Waals surface area (Å²) in [5.74, 6) is 0.250. The summed E-state index contributed by atoms with van der Waals surface area (Å²) in [6.07, 6.45) is 2.24. The molecule has 7 heteroatoms. The van der Waals surface area contributed by atoms with Crippen LogP contribution in [0.5, 0.6) is 0 Å². The second kappa shape index (κ2) is 7.04. The van der Waals surface area contributed by atoms with Gasteiger partial charge in [-0.25, -0.2) is 16.8 Å². The van der Waals surface area contributed by atoms with Gasteiger partial charge in [0.1, 0.15) is 9.84 Å². The van der Waals surface area contributed by atoms with Gasteiger partial charge in [-0.3, -0.25) is 0 Å². The molecule has 116 valence electrons. The third kappa shape index (κ3) is 5.79. The van der Waals surface area contributed by atoms with Crippen molar-refractivity contribution < 1.29 is 16.8 Å². The normalized spacial score (nSPS) is 15.4. The number of nitrogens with one attached hydrogen (secondary N) is 1. The lowest BCUT2D eigenvalue weighted by Gasteiger charge is -2.33. The zero-order valence-corrected chi connectivity index (χ0v) is 14.2. The van der Waals surface area contributed by atoms with E-state index in [1.165, 1.54) is 6.26 Å². The first-order valence-corrected chi connectivity index (χ1v) is 10.3. The Labute approximate surface area is 118 Å². The Kier molecular flexibility index (Phi) is 6.99. The molecule has 0 bridgehead atoms. The molecule has 0 saturated heterocycles. The molecule has 0 aromatic heterocycles. The van der Waals surface area contributed by atoms with Gasteiger partial charge in [0, 0.05) is 18.1 Å². The number of hydrogen-bond donors (Lipinski definition) is 1. The fourth-order valence-corrected chi connectivity index (χ4v) is 3.47. The van der Waals surface area contributed by atoms with Gasteiger partial charge in [-0.2, -0.15) is 0 Å². The van der Waals surface area contributed by atoms with Crippen molar-refractivity contribution in [2.24, 2.45) is 0 Å². The SMILES string of the molecule is CCNC(CCCS(=O)(=O)CC)C(C)(C)S(C)(=O)=O. The van der Waals surface area contributed by atoms with Gasteiger partial charge in [-0.05, 0) is 33.2 Å². The third-order valence-corrected chi connectivity index (χ3v) is 7.62. The smallest absolute Gasteiger partial charge is 0.154 e. The number of rotatable bonds is 9. The molecule has 0 saturated carbocycles. The Morgan fingerprint density at radius 3 is 2.00 bits per heavy atom. The standard InChI is InChI=1S/C12H27NO4S2/c1-6-13-11(12(3,4)18(5,14)15)9-8-10-19(16,17)7-2/h11,13H,6-10H2,1-5H3. The highest BCUT2D eigenvalue weighted by Gasteiger charge is 2.38. The molecule has 0 rings (SSSR count). The van der Waals surface area contributed by atoms with Crippen LogP contribution in [0.4, 0.5) is 0 Å². The van der Waals surface area contributed by atoms with Crippen LogP contribution in [0, 0.1) is 0 Å². The third-order valence-electron chi connectivity index (χ3n) is 3.63. The molecule has 0 aromatic carbocycles. The monoisotopic (exact) mass is 313 g/mol. The zero-order chi connectivity index (χ0) is 15.3. The lowest BCUT2D eigenvalue weighted by Crippen LogP contribution is -2.51. The predicted octanol–water partition coefficient (Wildman–Crippen LogP) is 1.00. The highest BCUT2D eigenvalue weighted by molar-refractivity contribution is 7.92. The fraction of sp³-hybridized carbons (Fsp3) is 1.00. The van der Waals surface area contributed by atoms with Crippen LogP contribution in [-0.2, 0) is 19.7 Å². The number of hydrogen-bond acceptors (Lipinski definition) is 5. The van der Waals surface area contributed by atoms with E-state index in [-0.39, 0.29) is 17.5 Å². The molecule has 0 heterocycles. The second-order valence-electron chi connectivity index (χ2n) is 5.36. The van der Waals surface area contributed by atoms with E-state index in [0.29, 0.717) is 19.4 Å². The van der Waals surface area contributed by atoms with E-state index in [1.54, 1.807) is 20.8 Å². The van der Waals surface area contributed by atoms with Crippen LogP contribution in [0.15, 0.2) is 0 Å². The summed E-state index contributed by atoms with van der Waals surface area (Å²) in [6.45, 7) is 7.56. The van der Waals surface area contributed by atoms with E-state index in [4.69, 9.17) is 0 Å². The highest BCUT2D eigenvalue weighted by Crippen LogP contribution is 2.23. The minimum absolute atomic E-state index is 0.116. The summed E-state index contributed by atoms with van der Waals surface area (Å²) < 4.78 is 45.6. The van der Waals surface area contributed by atoms with E-state index in [1.807, 2.05) is 6.92 Å². The highest BCUT2D eigenvalue weighted by atomic mass is 32.2. The Balaban J connectivity index is 4.78. The van der Waals surface area contributed by atoms with E-state index in [0.717, 1.165) is 0 Å². The van der Waals surface area contributed by atoms with Crippen molar-refractivity contribution in [3.05, 3.63) is 0 Å². The quantitative estimate of drug-likeness (QED) is 0.687. The van der Waals surface area contributed by atoms with Gasteiger partial charge in [0.15, 0.2) is 9.84 Å². The first-order valence-electron chi connectivity index (χ1n) is 6.61. The molecule has 0 radical (unpaired) electrons. The van der Waals surface area contributed by atoms with Crippen LogP contribution in [0.1, 0.15) is 40.5 Å². The lowest BCUT2D eigenvalue weighted by molar-refractivity contribution is 0.392. The van der Waals surface area contributed by atoms with Gasteiger partial charge < -0.3 is 5.32 Å². The first-order chi connectivity index (χ1) is 8.48. The molecule has 1 unspecified atom stereocenters. The topological polar surface area (TPSA) is 80.3 Å². The van der Waals surface area contributed by atoms with Crippen LogP contribution >= 0.6 is 0 Å². The molecule has 1 N–H and O–H groups in total. The fourth-order valence-electron chi connectivity index (χ4n) is 1.85. The Morgan fingerprint density at radius 1 is 1.11 bits per heavy atom. The molecule has 0 aromatic rings. The number of sulfone groups is 2. The summed E-state index contributed by atoms with van der Waals surface area (Å²) in [4.78, 5) is 0. The minimum Gasteiger partial charge on any atom is -0.313 e. The van der Waals surface area contributed by atoms with Crippen molar-refractivity contribution in [1.29, 1.82) is 0 Å². The average molecular weight is 313 g/mol. The molecule has 0 aliphatic heterocycles. The molecule has 5 nitrogen and oxygen atoms in total. The summed E-state index contributed by atoms with van der Waals surface area (Å²) in [5, 5.41) is 3.16. The largest absolute Gasteiger partial charge is 0.313 e. The van der Waals surface area contributed by atoms with Gasteiger partial charge in [-0.15, -0.1) is 0 Å². The molecule has 1 atom stereocenters. The predicted molar refractivity (Wildman–Crippen MR) is 79.9 cm³/mol. The maximum Gasteiger partial charge on any atom is 0.154 e. The zero-order valence-electron chi connectivity index (χ0n) is 12.6. The van der Waals surface area contributed by atoms with E-state index < -0.39 is 24.4 Å². The van der Waals surface area contributed by atoms with Gasteiger partial charge in [-0.1, -0.05) is 13.8 Å². The van der Waals surface area contributed by atoms with Crippen LogP contribution < -0.4 is 5.32 Å². The summed E-state index contributed by atoms with van der Waals surface area (Å²) in [6, 6.07) is -0.237. The van der Waals surface area contributed by atoms with Crippen molar-refractivity contribution in [1.82, 2.24) is 5.32 Å². The molecule has 0 fully saturated rings. The van der Waals surface area contributed by atoms with Crippen LogP contribution in [0.25, 0.3) is 0 Å². The van der Waals surface area contributed by atoms with Crippen LogP contribution in [0.3, 0.4) is 0 Å². The maximum atomic E-state index is 11.8. The van der Waals surface area contributed by atoms with Crippen molar-refractivity contribution in [3.8, 4) is 0 Å². The van der Waals surface area contributed by atoms with Crippen LogP contribution in [0.2, 0.25) is 0 Å². The van der Waals surface area contributed by atoms with E-state index in [9.17, 15) is 16.8 Å². The van der Waals surface area contributed by atoms with Crippen molar-refractivity contribution in [2.45, 2.75) is 51.3 Å². The molecule has 0 aliphatic carbocycles. The Bertz CT molecular complexity index is 466.